The van der Waals surface area contributed by atoms with E-state index >= 15 is 0 Å². The Hall–Kier alpha value is -2.21. The lowest BCUT2D eigenvalue weighted by Crippen LogP contribution is -2.25. The largest absolute Gasteiger partial charge is 0.475 e. The lowest BCUT2D eigenvalue weighted by Gasteiger charge is -2.18. The average Bonchev–Trinajstić information content (AvgIpc) is 2.46. The first-order valence-corrected chi connectivity index (χ1v) is 6.41. The van der Waals surface area contributed by atoms with Crippen molar-refractivity contribution in [2.75, 3.05) is 19.0 Å². The van der Waals surface area contributed by atoms with Gasteiger partial charge in [-0.2, -0.15) is 0 Å². The zero-order chi connectivity index (χ0) is 14.5. The fourth-order valence-electron chi connectivity index (χ4n) is 1.94. The summed E-state index contributed by atoms with van der Waals surface area (Å²) in [5.41, 5.74) is 0.606. The van der Waals surface area contributed by atoms with E-state index in [0.29, 0.717) is 17.9 Å². The molecule has 0 spiro atoms. The number of rotatable bonds is 6. The number of hydrogen-bond acceptors (Lipinski definition) is 5. The molecule has 106 valence electrons. The van der Waals surface area contributed by atoms with Gasteiger partial charge in [0, 0.05) is 12.5 Å². The number of benzene rings is 1. The number of aromatic nitrogens is 2. The van der Waals surface area contributed by atoms with Gasteiger partial charge in [0.1, 0.15) is 5.82 Å². The molecule has 2 N–H and O–H groups in total. The van der Waals surface area contributed by atoms with E-state index < -0.39 is 5.97 Å². The highest BCUT2D eigenvalue weighted by atomic mass is 16.5. The van der Waals surface area contributed by atoms with Crippen molar-refractivity contribution in [2.24, 2.45) is 0 Å². The van der Waals surface area contributed by atoms with E-state index in [9.17, 15) is 4.79 Å². The molecule has 1 aromatic heterocycles. The van der Waals surface area contributed by atoms with Crippen LogP contribution in [0.25, 0.3) is 10.9 Å². The Balaban J connectivity index is 2.46. The quantitative estimate of drug-likeness (QED) is 0.840. The van der Waals surface area contributed by atoms with Crippen molar-refractivity contribution in [1.29, 1.82) is 0 Å². The lowest BCUT2D eigenvalue weighted by atomic mass is 10.2. The molecule has 1 unspecified atom stereocenters. The Bertz CT molecular complexity index is 616. The molecule has 2 rings (SSSR count). The van der Waals surface area contributed by atoms with Crippen LogP contribution >= 0.6 is 0 Å². The predicted molar refractivity (Wildman–Crippen MR) is 76.1 cm³/mol. The van der Waals surface area contributed by atoms with Gasteiger partial charge in [-0.1, -0.05) is 19.1 Å². The van der Waals surface area contributed by atoms with Crippen LogP contribution in [0.5, 0.6) is 0 Å². The van der Waals surface area contributed by atoms with Crippen molar-refractivity contribution in [3.8, 4) is 0 Å². The number of hydrogen-bond donors (Lipinski definition) is 2. The minimum Gasteiger partial charge on any atom is -0.475 e. The maximum Gasteiger partial charge on any atom is 0.374 e. The summed E-state index contributed by atoms with van der Waals surface area (Å²) in [6.07, 6.45) is 0.842. The van der Waals surface area contributed by atoms with Gasteiger partial charge in [0.15, 0.2) is 0 Å². The number of ether oxygens (including phenoxy) is 1. The topological polar surface area (TPSA) is 84.3 Å². The van der Waals surface area contributed by atoms with Gasteiger partial charge in [0.2, 0.25) is 5.82 Å². The second-order valence-electron chi connectivity index (χ2n) is 4.42. The fourth-order valence-corrected chi connectivity index (χ4v) is 1.94. The molecule has 0 radical (unpaired) electrons. The summed E-state index contributed by atoms with van der Waals surface area (Å²) >= 11 is 0. The summed E-state index contributed by atoms with van der Waals surface area (Å²) < 4.78 is 5.13. The van der Waals surface area contributed by atoms with Crippen molar-refractivity contribution in [3.05, 3.63) is 30.1 Å². The molecule has 6 heteroatoms. The molecule has 0 amide bonds. The Morgan fingerprint density at radius 2 is 2.15 bits per heavy atom. The molecular weight excluding hydrogens is 258 g/mol. The summed E-state index contributed by atoms with van der Waals surface area (Å²) in [7, 11) is 1.63. The number of fused-ring (bicyclic) bond motifs is 1. The van der Waals surface area contributed by atoms with Crippen LogP contribution in [0.2, 0.25) is 0 Å². The van der Waals surface area contributed by atoms with Crippen LogP contribution in [-0.2, 0) is 4.74 Å². The Kier molecular flexibility index (Phi) is 4.47. The van der Waals surface area contributed by atoms with E-state index in [1.807, 2.05) is 25.1 Å². The number of nitrogens with zero attached hydrogens (tertiary/aromatic N) is 2. The second-order valence-corrected chi connectivity index (χ2v) is 4.42. The van der Waals surface area contributed by atoms with Gasteiger partial charge in [-0.3, -0.25) is 0 Å². The van der Waals surface area contributed by atoms with Gasteiger partial charge >= 0.3 is 5.97 Å². The molecule has 1 aromatic carbocycles. The molecule has 1 atom stereocenters. The van der Waals surface area contributed by atoms with Gasteiger partial charge in [-0.15, -0.1) is 0 Å². The fraction of sp³-hybridized carbons (Fsp3) is 0.357. The maximum absolute atomic E-state index is 11.1. The maximum atomic E-state index is 11.1. The van der Waals surface area contributed by atoms with Crippen LogP contribution in [0.15, 0.2) is 24.3 Å². The van der Waals surface area contributed by atoms with Gasteiger partial charge in [0.25, 0.3) is 0 Å². The van der Waals surface area contributed by atoms with E-state index in [1.54, 1.807) is 13.2 Å². The summed E-state index contributed by atoms with van der Waals surface area (Å²) in [6, 6.07) is 7.39. The Morgan fingerprint density at radius 1 is 1.40 bits per heavy atom. The molecule has 0 aliphatic rings. The summed E-state index contributed by atoms with van der Waals surface area (Å²) in [5, 5.41) is 13.1. The van der Waals surface area contributed by atoms with Crippen LogP contribution < -0.4 is 5.32 Å². The standard InChI is InChI=1S/C14H17N3O3/c1-3-9(8-20-2)15-12-10-6-4-5-7-11(10)16-13(17-12)14(18)19/h4-7,9H,3,8H2,1-2H3,(H,18,19)(H,15,16,17). The zero-order valence-corrected chi connectivity index (χ0v) is 11.5. The van der Waals surface area contributed by atoms with Crippen LogP contribution in [0.4, 0.5) is 5.82 Å². The number of carbonyl (C=O) groups is 1. The number of carboxylic acids is 1. The molecule has 20 heavy (non-hydrogen) atoms. The zero-order valence-electron chi connectivity index (χ0n) is 11.5. The molecule has 1 heterocycles. The number of aromatic carboxylic acids is 1. The average molecular weight is 275 g/mol. The van der Waals surface area contributed by atoms with Gasteiger partial charge in [-0.25, -0.2) is 14.8 Å². The van der Waals surface area contributed by atoms with E-state index in [-0.39, 0.29) is 11.9 Å². The van der Waals surface area contributed by atoms with E-state index in [4.69, 9.17) is 9.84 Å². The smallest absolute Gasteiger partial charge is 0.374 e. The first-order valence-electron chi connectivity index (χ1n) is 6.41. The molecule has 0 aliphatic carbocycles. The van der Waals surface area contributed by atoms with E-state index in [2.05, 4.69) is 15.3 Å². The molecule has 6 nitrogen and oxygen atoms in total. The third kappa shape index (κ3) is 3.03. The van der Waals surface area contributed by atoms with Crippen LogP contribution in [0, 0.1) is 0 Å². The van der Waals surface area contributed by atoms with Crippen molar-refractivity contribution in [2.45, 2.75) is 19.4 Å². The number of nitrogens with one attached hydrogen (secondary N) is 1. The summed E-state index contributed by atoms with van der Waals surface area (Å²) in [4.78, 5) is 19.2. The van der Waals surface area contributed by atoms with Crippen molar-refractivity contribution >= 4 is 22.7 Å². The van der Waals surface area contributed by atoms with Gasteiger partial charge in [-0.05, 0) is 18.6 Å². The minimum absolute atomic E-state index is 0.0694. The van der Waals surface area contributed by atoms with Gasteiger partial charge in [0.05, 0.1) is 18.2 Å². The highest BCUT2D eigenvalue weighted by Crippen LogP contribution is 2.21. The van der Waals surface area contributed by atoms with Crippen LogP contribution in [0.3, 0.4) is 0 Å². The molecule has 2 aromatic rings. The number of para-hydroxylation sites is 1. The van der Waals surface area contributed by atoms with Crippen LogP contribution in [-0.4, -0.2) is 40.8 Å². The van der Waals surface area contributed by atoms with E-state index in [0.717, 1.165) is 11.8 Å². The molecule has 0 saturated heterocycles. The molecule has 0 bridgehead atoms. The normalized spacial score (nSPS) is 12.3. The van der Waals surface area contributed by atoms with Crippen LogP contribution in [0.1, 0.15) is 24.0 Å². The number of methoxy groups -OCH3 is 1. The third-order valence-electron chi connectivity index (χ3n) is 3.00. The SMILES string of the molecule is CCC(COC)Nc1nc(C(=O)O)nc2ccccc12. The monoisotopic (exact) mass is 275 g/mol. The highest BCUT2D eigenvalue weighted by Gasteiger charge is 2.15. The molecular formula is C14H17N3O3. The third-order valence-corrected chi connectivity index (χ3v) is 3.00. The van der Waals surface area contributed by atoms with Gasteiger partial charge < -0.3 is 15.2 Å². The summed E-state index contributed by atoms with van der Waals surface area (Å²) in [5.74, 6) is -0.825. The predicted octanol–water partition coefficient (Wildman–Crippen LogP) is 2.16. The van der Waals surface area contributed by atoms with E-state index in [1.165, 1.54) is 0 Å². The number of anilines is 1. The Labute approximate surface area is 116 Å². The van der Waals surface area contributed by atoms with Crippen molar-refractivity contribution in [1.82, 2.24) is 9.97 Å². The van der Waals surface area contributed by atoms with Crippen molar-refractivity contribution < 1.29 is 14.6 Å². The Morgan fingerprint density at radius 3 is 2.80 bits per heavy atom. The molecule has 0 fully saturated rings. The minimum atomic E-state index is -1.14. The second kappa shape index (κ2) is 6.29. The first-order chi connectivity index (χ1) is 9.65. The van der Waals surface area contributed by atoms with Crippen molar-refractivity contribution in [3.63, 3.8) is 0 Å². The number of carboxylic acid groups (broad SMARTS) is 1. The summed E-state index contributed by atoms with van der Waals surface area (Å²) in [6.45, 7) is 2.55. The molecule has 0 saturated carbocycles. The highest BCUT2D eigenvalue weighted by molar-refractivity contribution is 5.93. The lowest BCUT2D eigenvalue weighted by molar-refractivity contribution is 0.0684. The first kappa shape index (κ1) is 14.2. The molecule has 0 aliphatic heterocycles.